The molecule has 36 heavy (non-hydrogen) atoms. The van der Waals surface area contributed by atoms with Gasteiger partial charge in [0.15, 0.2) is 0 Å². The Labute approximate surface area is 245 Å². The number of halogens is 7. The van der Waals surface area contributed by atoms with E-state index in [0.717, 1.165) is 14.8 Å². The molecule has 16 heteroatoms. The fourth-order valence-electron chi connectivity index (χ4n) is 3.02. The predicted molar refractivity (Wildman–Crippen MR) is 139 cm³/mol. The minimum absolute atomic E-state index is 0.273. The van der Waals surface area contributed by atoms with Gasteiger partial charge in [-0.15, -0.1) is 0 Å². The normalized spacial score (nSPS) is 10.9. The summed E-state index contributed by atoms with van der Waals surface area (Å²) in [6.45, 7) is 0. The van der Waals surface area contributed by atoms with Crippen LogP contribution >= 0.6 is 58.9 Å². The van der Waals surface area contributed by atoms with Crippen LogP contribution in [-0.4, -0.2) is 42.7 Å². The van der Waals surface area contributed by atoms with Gasteiger partial charge in [0.05, 0.1) is 24.2 Å². The van der Waals surface area contributed by atoms with Gasteiger partial charge in [-0.05, 0) is 38.5 Å². The number of aryl methyl sites for hydroxylation is 2. The maximum absolute atomic E-state index is 12.1. The third-order valence-electron chi connectivity index (χ3n) is 4.38. The summed E-state index contributed by atoms with van der Waals surface area (Å²) in [7, 11) is 3.63. The first-order valence-corrected chi connectivity index (χ1v) is 14.9. The van der Waals surface area contributed by atoms with Crippen LogP contribution in [0.2, 0.25) is 0 Å². The third kappa shape index (κ3) is 10.4. The van der Waals surface area contributed by atoms with Gasteiger partial charge < -0.3 is 9.05 Å². The summed E-state index contributed by atoms with van der Waals surface area (Å²) >= 11 is 11.3. The Bertz CT molecular complexity index is 1120. The van der Waals surface area contributed by atoms with E-state index in [4.69, 9.17) is 9.05 Å². The van der Waals surface area contributed by atoms with Crippen molar-refractivity contribution in [1.82, 2.24) is 29.9 Å². The van der Waals surface area contributed by atoms with E-state index in [1.807, 2.05) is 19.4 Å². The molecule has 202 valence electrons. The van der Waals surface area contributed by atoms with Gasteiger partial charge in [-0.1, -0.05) is 10.3 Å². The summed E-state index contributed by atoms with van der Waals surface area (Å²) in [6, 6.07) is 3.11. The van der Waals surface area contributed by atoms with Crippen molar-refractivity contribution in [3.63, 3.8) is 0 Å². The standard InChI is InChI=1S/C10H10BrF2N3O.C10H10F2IN3O.Cu.HI/c1-16-5-6(10(11)14-16)2-8-3-7(15-17-8)4-9(12)13;1-16-5-6(10(13)14-16)2-8-3-7(15-17-8)4-9(11)12;;/h2*3,5,9H,2,4H2,1H3;;1H/q;;+1;/p-1. The van der Waals surface area contributed by atoms with Crippen LogP contribution in [0.1, 0.15) is 34.0 Å². The molecular formula is C20H20BrCuF4I2N6O2. The zero-order valence-electron chi connectivity index (χ0n) is 18.7. The summed E-state index contributed by atoms with van der Waals surface area (Å²) in [5.74, 6) is 1.13. The Morgan fingerprint density at radius 2 is 1.31 bits per heavy atom. The topological polar surface area (TPSA) is 87.7 Å². The molecule has 0 aliphatic carbocycles. The van der Waals surface area contributed by atoms with Crippen molar-refractivity contribution in [2.24, 2.45) is 14.1 Å². The van der Waals surface area contributed by atoms with Gasteiger partial charge in [0.25, 0.3) is 0 Å². The Morgan fingerprint density at radius 3 is 1.69 bits per heavy atom. The Kier molecular flexibility index (Phi) is 13.4. The van der Waals surface area contributed by atoms with E-state index < -0.39 is 12.9 Å². The van der Waals surface area contributed by atoms with Gasteiger partial charge in [0.2, 0.25) is 12.9 Å². The Hall–Kier alpha value is -0.981. The zero-order chi connectivity index (χ0) is 26.8. The van der Waals surface area contributed by atoms with E-state index in [1.165, 1.54) is 0 Å². The number of hydrogen-bond acceptors (Lipinski definition) is 6. The predicted octanol–water partition coefficient (Wildman–Crippen LogP) is 5.86. The van der Waals surface area contributed by atoms with Gasteiger partial charge in [0.1, 0.15) is 19.8 Å². The molecule has 0 fully saturated rings. The molecule has 0 bridgehead atoms. The van der Waals surface area contributed by atoms with Crippen molar-refractivity contribution in [1.29, 1.82) is 0 Å². The Balaban J connectivity index is 0.000000237. The molecule has 0 saturated heterocycles. The SMILES string of the molecule is Cn1cc(Cc2cc(CC(F)F)no2)c(Br)n1.Cn1cc(Cc2cc(CC(F)F)no2)c(I)n1.[Cu][I]. The minimum atomic E-state index is -2.40. The van der Waals surface area contributed by atoms with Crippen LogP contribution in [0.15, 0.2) is 38.2 Å². The third-order valence-corrected chi connectivity index (χ3v) is 5.95. The average Bonchev–Trinajstić information content (AvgIpc) is 3.55. The van der Waals surface area contributed by atoms with Gasteiger partial charge >= 0.3 is 33.1 Å². The number of alkyl halides is 4. The summed E-state index contributed by atoms with van der Waals surface area (Å²) in [6.07, 6.45) is -0.848. The fraction of sp³-hybridized carbons (Fsp3) is 0.400. The first kappa shape index (κ1) is 31.2. The van der Waals surface area contributed by atoms with Crippen molar-refractivity contribution in [3.8, 4) is 0 Å². The monoisotopic (exact) mass is 848 g/mol. The van der Waals surface area contributed by atoms with Crippen LogP contribution in [0, 0.1) is 3.70 Å². The van der Waals surface area contributed by atoms with Crippen molar-refractivity contribution < 1.29 is 39.4 Å². The fourth-order valence-corrected chi connectivity index (χ4v) is 4.18. The summed E-state index contributed by atoms with van der Waals surface area (Å²) < 4.78 is 63.5. The van der Waals surface area contributed by atoms with Crippen LogP contribution in [0.25, 0.3) is 0 Å². The van der Waals surface area contributed by atoms with Crippen molar-refractivity contribution in [3.05, 3.63) is 66.9 Å². The van der Waals surface area contributed by atoms with E-state index >= 15 is 0 Å². The average molecular weight is 850 g/mol. The molecule has 0 aliphatic heterocycles. The molecule has 4 aromatic rings. The van der Waals surface area contributed by atoms with E-state index in [1.54, 1.807) is 48.9 Å². The molecule has 0 aromatic carbocycles. The molecule has 0 unspecified atom stereocenters. The second-order valence-electron chi connectivity index (χ2n) is 7.35. The van der Waals surface area contributed by atoms with E-state index in [9.17, 15) is 17.6 Å². The first-order valence-electron chi connectivity index (χ1n) is 10.0. The van der Waals surface area contributed by atoms with Gasteiger partial charge in [-0.2, -0.15) is 10.2 Å². The molecule has 0 radical (unpaired) electrons. The quantitative estimate of drug-likeness (QED) is 0.126. The first-order chi connectivity index (χ1) is 17.1. The molecule has 4 rings (SSSR count). The molecule has 0 N–H and O–H groups in total. The number of rotatable bonds is 8. The van der Waals surface area contributed by atoms with Crippen molar-refractivity contribution in [2.45, 2.75) is 38.5 Å². The molecule has 4 aromatic heterocycles. The number of aromatic nitrogens is 6. The molecule has 0 spiro atoms. The Morgan fingerprint density at radius 1 is 0.861 bits per heavy atom. The molecule has 0 atom stereocenters. The van der Waals surface area contributed by atoms with Crippen LogP contribution in [0.5, 0.6) is 0 Å². The van der Waals surface area contributed by atoms with Crippen molar-refractivity contribution >= 4 is 58.9 Å². The summed E-state index contributed by atoms with van der Waals surface area (Å²) in [5.41, 5.74) is 2.48. The van der Waals surface area contributed by atoms with Crippen LogP contribution in [-0.2, 0) is 52.5 Å². The number of hydrogen-bond donors (Lipinski definition) is 0. The second-order valence-corrected chi connectivity index (χ2v) is 9.12. The molecule has 0 aliphatic rings. The number of nitrogens with zero attached hydrogens (tertiary/aromatic N) is 6. The zero-order valence-corrected chi connectivity index (χ0v) is 25.6. The summed E-state index contributed by atoms with van der Waals surface area (Å²) in [5, 5.41) is 15.5. The van der Waals surface area contributed by atoms with Crippen LogP contribution in [0.4, 0.5) is 17.6 Å². The van der Waals surface area contributed by atoms with Crippen LogP contribution in [0.3, 0.4) is 0 Å². The summed E-state index contributed by atoms with van der Waals surface area (Å²) in [4.78, 5) is 0. The maximum atomic E-state index is 12.1. The van der Waals surface area contributed by atoms with Gasteiger partial charge in [-0.25, -0.2) is 17.6 Å². The molecule has 4 heterocycles. The second kappa shape index (κ2) is 15.4. The van der Waals surface area contributed by atoms with Crippen LogP contribution < -0.4 is 0 Å². The molecule has 8 nitrogen and oxygen atoms in total. The van der Waals surface area contributed by atoms with Crippen molar-refractivity contribution in [2.75, 3.05) is 0 Å². The van der Waals surface area contributed by atoms with Gasteiger partial charge in [-0.3, -0.25) is 9.36 Å². The van der Waals surface area contributed by atoms with E-state index in [2.05, 4.69) is 71.8 Å². The van der Waals surface area contributed by atoms with E-state index in [-0.39, 0.29) is 24.2 Å². The van der Waals surface area contributed by atoms with Gasteiger partial charge in [0, 0.05) is 62.6 Å². The molecular weight excluding hydrogens is 830 g/mol. The molecule has 0 saturated carbocycles. The molecule has 0 amide bonds. The van der Waals surface area contributed by atoms with E-state index in [0.29, 0.717) is 29.0 Å².